The first-order chi connectivity index (χ1) is 18.0. The van der Waals surface area contributed by atoms with Gasteiger partial charge in [-0.05, 0) is 68.3 Å². The predicted octanol–water partition coefficient (Wildman–Crippen LogP) is 6.93. The van der Waals surface area contributed by atoms with Gasteiger partial charge in [0.25, 0.3) is 11.8 Å². The summed E-state index contributed by atoms with van der Waals surface area (Å²) in [5, 5.41) is 5.81. The number of benzene rings is 2. The molecular weight excluding hydrogens is 464 g/mol. The number of amides is 2. The lowest BCUT2D eigenvalue weighted by atomic mass is 10.1. The third kappa shape index (κ3) is 12.7. The molecule has 0 aliphatic rings. The van der Waals surface area contributed by atoms with E-state index in [1.807, 2.05) is 31.2 Å². The van der Waals surface area contributed by atoms with Crippen LogP contribution < -0.4 is 20.1 Å². The van der Waals surface area contributed by atoms with Crippen LogP contribution >= 0.6 is 0 Å². The first-order valence-corrected chi connectivity index (χ1v) is 14.1. The van der Waals surface area contributed by atoms with Crippen molar-refractivity contribution in [2.24, 2.45) is 0 Å². The Morgan fingerprint density at radius 3 is 1.54 bits per heavy atom. The Bertz CT molecular complexity index is 896. The van der Waals surface area contributed by atoms with E-state index in [0.717, 1.165) is 24.3 Å². The van der Waals surface area contributed by atoms with E-state index in [2.05, 4.69) is 24.5 Å². The van der Waals surface area contributed by atoms with Gasteiger partial charge in [0.1, 0.15) is 11.5 Å². The maximum atomic E-state index is 12.6. The Kier molecular flexibility index (Phi) is 14.9. The molecule has 0 heterocycles. The molecule has 6 heteroatoms. The van der Waals surface area contributed by atoms with Crippen molar-refractivity contribution in [1.29, 1.82) is 0 Å². The maximum absolute atomic E-state index is 12.6. The number of ether oxygens (including phenoxy) is 2. The molecule has 2 rings (SSSR count). The van der Waals surface area contributed by atoms with E-state index >= 15 is 0 Å². The number of carbonyl (C=O) groups excluding carboxylic acids is 2. The normalized spacial score (nSPS) is 11.5. The van der Waals surface area contributed by atoms with Gasteiger partial charge in [-0.3, -0.25) is 9.59 Å². The Balaban J connectivity index is 1.66. The molecule has 37 heavy (non-hydrogen) atoms. The van der Waals surface area contributed by atoms with Crippen molar-refractivity contribution in [3.63, 3.8) is 0 Å². The van der Waals surface area contributed by atoms with Gasteiger partial charge in [-0.15, -0.1) is 0 Å². The van der Waals surface area contributed by atoms with Crippen LogP contribution in [0.25, 0.3) is 0 Å². The second-order valence-electron chi connectivity index (χ2n) is 9.66. The molecular formula is C31H46N2O4. The summed E-state index contributed by atoms with van der Waals surface area (Å²) in [7, 11) is 0. The summed E-state index contributed by atoms with van der Waals surface area (Å²) in [6, 6.07) is 14.1. The van der Waals surface area contributed by atoms with Gasteiger partial charge in [-0.25, -0.2) is 0 Å². The van der Waals surface area contributed by atoms with Gasteiger partial charge in [0.2, 0.25) is 0 Å². The molecule has 0 bridgehead atoms. The van der Waals surface area contributed by atoms with Crippen molar-refractivity contribution in [3.05, 3.63) is 59.7 Å². The second kappa shape index (κ2) is 18.3. The topological polar surface area (TPSA) is 76.7 Å². The van der Waals surface area contributed by atoms with Crippen molar-refractivity contribution in [1.82, 2.24) is 10.6 Å². The van der Waals surface area contributed by atoms with E-state index in [4.69, 9.17) is 9.47 Å². The number of hydrogen-bond acceptors (Lipinski definition) is 4. The van der Waals surface area contributed by atoms with Crippen LogP contribution in [0.1, 0.15) is 106 Å². The SMILES string of the molecule is CCCCCCCOc1ccc(C(=O)NCC(C)NC(=O)c2ccc(OCCCCCCC)cc2)cc1. The quantitative estimate of drug-likeness (QED) is 0.201. The third-order valence-corrected chi connectivity index (χ3v) is 6.21. The molecule has 2 amide bonds. The predicted molar refractivity (Wildman–Crippen MR) is 151 cm³/mol. The fourth-order valence-electron chi connectivity index (χ4n) is 3.90. The van der Waals surface area contributed by atoms with Gasteiger partial charge in [0.05, 0.1) is 13.2 Å². The van der Waals surface area contributed by atoms with E-state index in [0.29, 0.717) is 30.9 Å². The first-order valence-electron chi connectivity index (χ1n) is 14.1. The molecule has 0 spiro atoms. The Labute approximate surface area is 223 Å². The van der Waals surface area contributed by atoms with Gasteiger partial charge in [-0.1, -0.05) is 65.2 Å². The smallest absolute Gasteiger partial charge is 0.251 e. The molecule has 6 nitrogen and oxygen atoms in total. The monoisotopic (exact) mass is 510 g/mol. The molecule has 0 aliphatic heterocycles. The number of nitrogens with one attached hydrogen (secondary N) is 2. The molecule has 0 aromatic heterocycles. The van der Waals surface area contributed by atoms with E-state index in [9.17, 15) is 9.59 Å². The van der Waals surface area contributed by atoms with Gasteiger partial charge in [0.15, 0.2) is 0 Å². The molecule has 2 aromatic rings. The molecule has 0 saturated heterocycles. The largest absolute Gasteiger partial charge is 0.494 e. The van der Waals surface area contributed by atoms with Crippen LogP contribution in [-0.2, 0) is 0 Å². The zero-order valence-corrected chi connectivity index (χ0v) is 23.0. The van der Waals surface area contributed by atoms with Crippen LogP contribution in [0.3, 0.4) is 0 Å². The van der Waals surface area contributed by atoms with Crippen molar-refractivity contribution in [3.8, 4) is 11.5 Å². The highest BCUT2D eigenvalue weighted by Gasteiger charge is 2.12. The van der Waals surface area contributed by atoms with Crippen LogP contribution in [0, 0.1) is 0 Å². The van der Waals surface area contributed by atoms with Crippen molar-refractivity contribution in [2.45, 2.75) is 91.0 Å². The lowest BCUT2D eigenvalue weighted by molar-refractivity contribution is 0.0912. The summed E-state index contributed by atoms with van der Waals surface area (Å²) in [5.74, 6) is 1.19. The highest BCUT2D eigenvalue weighted by Crippen LogP contribution is 2.15. The number of rotatable bonds is 19. The zero-order chi connectivity index (χ0) is 26.7. The van der Waals surface area contributed by atoms with Crippen LogP contribution in [-0.4, -0.2) is 37.6 Å². The van der Waals surface area contributed by atoms with Gasteiger partial charge in [-0.2, -0.15) is 0 Å². The van der Waals surface area contributed by atoms with Gasteiger partial charge in [0, 0.05) is 23.7 Å². The van der Waals surface area contributed by atoms with Crippen molar-refractivity contribution < 1.29 is 19.1 Å². The lowest BCUT2D eigenvalue weighted by Gasteiger charge is -2.15. The number of carbonyl (C=O) groups is 2. The Hall–Kier alpha value is -3.02. The standard InChI is InChI=1S/C31H46N2O4/c1-4-6-8-10-12-22-36-28-18-14-26(15-19-28)30(34)32-24-25(3)33-31(35)27-16-20-29(21-17-27)37-23-13-11-9-7-5-2/h14-21,25H,4-13,22-24H2,1-3H3,(H,32,34)(H,33,35). The van der Waals surface area contributed by atoms with Crippen LogP contribution in [0.2, 0.25) is 0 Å². The van der Waals surface area contributed by atoms with Gasteiger partial charge >= 0.3 is 0 Å². The van der Waals surface area contributed by atoms with Crippen molar-refractivity contribution in [2.75, 3.05) is 19.8 Å². The Morgan fingerprint density at radius 1 is 0.649 bits per heavy atom. The van der Waals surface area contributed by atoms with Crippen LogP contribution in [0.5, 0.6) is 11.5 Å². The summed E-state index contributed by atoms with van der Waals surface area (Å²) in [6.45, 7) is 8.00. The molecule has 1 atom stereocenters. The molecule has 1 unspecified atom stereocenters. The minimum Gasteiger partial charge on any atom is -0.494 e. The molecule has 0 radical (unpaired) electrons. The highest BCUT2D eigenvalue weighted by molar-refractivity contribution is 5.95. The minimum atomic E-state index is -0.217. The average molecular weight is 511 g/mol. The van der Waals surface area contributed by atoms with E-state index in [1.54, 1.807) is 24.3 Å². The molecule has 2 N–H and O–H groups in total. The minimum absolute atomic E-state index is 0.177. The van der Waals surface area contributed by atoms with E-state index < -0.39 is 0 Å². The zero-order valence-electron chi connectivity index (χ0n) is 23.0. The summed E-state index contributed by atoms with van der Waals surface area (Å²) < 4.78 is 11.5. The first kappa shape index (κ1) is 30.2. The van der Waals surface area contributed by atoms with E-state index in [-0.39, 0.29) is 17.9 Å². The molecule has 0 saturated carbocycles. The summed E-state index contributed by atoms with van der Waals surface area (Å²) in [4.78, 5) is 25.1. The number of hydrogen-bond donors (Lipinski definition) is 2. The number of unbranched alkanes of at least 4 members (excludes halogenated alkanes) is 8. The summed E-state index contributed by atoms with van der Waals surface area (Å²) in [5.41, 5.74) is 1.13. The molecule has 0 fully saturated rings. The van der Waals surface area contributed by atoms with Gasteiger partial charge < -0.3 is 20.1 Å². The molecule has 2 aromatic carbocycles. The maximum Gasteiger partial charge on any atom is 0.251 e. The second-order valence-corrected chi connectivity index (χ2v) is 9.66. The van der Waals surface area contributed by atoms with Crippen molar-refractivity contribution >= 4 is 11.8 Å². The summed E-state index contributed by atoms with van der Waals surface area (Å²) >= 11 is 0. The highest BCUT2D eigenvalue weighted by atomic mass is 16.5. The lowest BCUT2D eigenvalue weighted by Crippen LogP contribution is -2.41. The molecule has 204 valence electrons. The molecule has 0 aliphatic carbocycles. The van der Waals surface area contributed by atoms with Crippen LogP contribution in [0.15, 0.2) is 48.5 Å². The average Bonchev–Trinajstić information content (AvgIpc) is 2.92. The van der Waals surface area contributed by atoms with Crippen LogP contribution in [0.4, 0.5) is 0 Å². The fourth-order valence-corrected chi connectivity index (χ4v) is 3.90. The van der Waals surface area contributed by atoms with E-state index in [1.165, 1.54) is 51.4 Å². The Morgan fingerprint density at radius 2 is 1.08 bits per heavy atom. The summed E-state index contributed by atoms with van der Waals surface area (Å²) in [6.07, 6.45) is 12.0. The third-order valence-electron chi connectivity index (χ3n) is 6.21. The fraction of sp³-hybridized carbons (Fsp3) is 0.548.